The number of benzene rings is 2. The number of halogens is 1. The molecule has 0 spiro atoms. The lowest BCUT2D eigenvalue weighted by atomic mass is 10.0. The van der Waals surface area contributed by atoms with Gasteiger partial charge in [0, 0.05) is 11.8 Å². The first-order valence-electron chi connectivity index (χ1n) is 5.20. The molecule has 0 aliphatic rings. The molecule has 2 aromatic carbocycles. The van der Waals surface area contributed by atoms with Crippen LogP contribution in [-0.4, -0.2) is 13.7 Å². The standard InChI is InChI=1S/C13H15NO.ClH/c1-15-13-7-6-10(8-9-14)11-4-2-3-5-12(11)13;/h2-7H,8-9,14H2,1H3;1H. The Morgan fingerprint density at radius 3 is 2.38 bits per heavy atom. The lowest BCUT2D eigenvalue weighted by Crippen LogP contribution is -3.00. The molecule has 2 rings (SSSR count). The van der Waals surface area contributed by atoms with Gasteiger partial charge in [0.2, 0.25) is 0 Å². The van der Waals surface area contributed by atoms with Gasteiger partial charge in [0.1, 0.15) is 5.75 Å². The van der Waals surface area contributed by atoms with Gasteiger partial charge in [-0.2, -0.15) is 0 Å². The highest BCUT2D eigenvalue weighted by Crippen LogP contribution is 2.28. The molecule has 0 fully saturated rings. The van der Waals surface area contributed by atoms with E-state index in [0.29, 0.717) is 0 Å². The van der Waals surface area contributed by atoms with Crippen molar-refractivity contribution >= 4 is 10.8 Å². The highest BCUT2D eigenvalue weighted by atomic mass is 35.5. The van der Waals surface area contributed by atoms with Crippen molar-refractivity contribution in [2.24, 2.45) is 0 Å². The normalized spacial score (nSPS) is 9.88. The van der Waals surface area contributed by atoms with Gasteiger partial charge in [-0.1, -0.05) is 30.3 Å². The Bertz CT molecular complexity index is 470. The Morgan fingerprint density at radius 2 is 1.75 bits per heavy atom. The Labute approximate surface area is 102 Å². The van der Waals surface area contributed by atoms with Crippen molar-refractivity contribution in [2.75, 3.05) is 13.7 Å². The van der Waals surface area contributed by atoms with Crippen molar-refractivity contribution in [1.29, 1.82) is 0 Å². The second-order valence-electron chi connectivity index (χ2n) is 3.58. The zero-order chi connectivity index (χ0) is 10.7. The summed E-state index contributed by atoms with van der Waals surface area (Å²) >= 11 is 0. The molecular formula is C13H16ClNO. The number of quaternary nitrogens is 1. The minimum absolute atomic E-state index is 0. The highest BCUT2D eigenvalue weighted by Gasteiger charge is 2.05. The third kappa shape index (κ3) is 2.29. The number of hydrogen-bond acceptors (Lipinski definition) is 1. The average Bonchev–Trinajstić information content (AvgIpc) is 2.30. The predicted octanol–water partition coefficient (Wildman–Crippen LogP) is -1.36. The van der Waals surface area contributed by atoms with Crippen molar-refractivity contribution in [3.05, 3.63) is 42.0 Å². The van der Waals surface area contributed by atoms with Crippen molar-refractivity contribution in [1.82, 2.24) is 0 Å². The van der Waals surface area contributed by atoms with Gasteiger partial charge in [-0.25, -0.2) is 0 Å². The maximum absolute atomic E-state index is 5.34. The monoisotopic (exact) mass is 237 g/mol. The molecule has 2 nitrogen and oxygen atoms in total. The minimum Gasteiger partial charge on any atom is -1.00 e. The number of fused-ring (bicyclic) bond motifs is 1. The topological polar surface area (TPSA) is 36.9 Å². The average molecular weight is 238 g/mol. The first-order chi connectivity index (χ1) is 7.36. The zero-order valence-corrected chi connectivity index (χ0v) is 10.1. The van der Waals surface area contributed by atoms with E-state index < -0.39 is 0 Å². The lowest BCUT2D eigenvalue weighted by molar-refractivity contribution is -0.366. The summed E-state index contributed by atoms with van der Waals surface area (Å²) in [4.78, 5) is 0. The molecule has 0 radical (unpaired) electrons. The molecule has 0 saturated heterocycles. The van der Waals surface area contributed by atoms with Gasteiger partial charge in [0.15, 0.2) is 0 Å². The third-order valence-electron chi connectivity index (χ3n) is 2.64. The van der Waals surface area contributed by atoms with E-state index in [2.05, 4.69) is 30.0 Å². The largest absolute Gasteiger partial charge is 1.00 e. The van der Waals surface area contributed by atoms with Crippen LogP contribution in [0.25, 0.3) is 10.8 Å². The lowest BCUT2D eigenvalue weighted by Gasteiger charge is -2.08. The van der Waals surface area contributed by atoms with E-state index in [1.165, 1.54) is 16.3 Å². The molecular weight excluding hydrogens is 222 g/mol. The quantitative estimate of drug-likeness (QED) is 0.703. The summed E-state index contributed by atoms with van der Waals surface area (Å²) in [6.45, 7) is 0.927. The smallest absolute Gasteiger partial charge is 0.126 e. The van der Waals surface area contributed by atoms with Crippen LogP contribution in [0, 0.1) is 0 Å². The van der Waals surface area contributed by atoms with E-state index in [0.717, 1.165) is 18.7 Å². The molecule has 0 saturated carbocycles. The van der Waals surface area contributed by atoms with Crippen molar-refractivity contribution in [3.8, 4) is 5.75 Å². The van der Waals surface area contributed by atoms with Gasteiger partial charge < -0.3 is 22.9 Å². The molecule has 0 aliphatic heterocycles. The van der Waals surface area contributed by atoms with E-state index in [-0.39, 0.29) is 12.4 Å². The molecule has 0 aliphatic carbocycles. The van der Waals surface area contributed by atoms with Crippen molar-refractivity contribution in [3.63, 3.8) is 0 Å². The first kappa shape index (κ1) is 12.8. The Kier molecular flexibility index (Phi) is 4.59. The maximum atomic E-state index is 5.34. The van der Waals surface area contributed by atoms with Gasteiger partial charge >= 0.3 is 0 Å². The highest BCUT2D eigenvalue weighted by molar-refractivity contribution is 5.91. The Balaban J connectivity index is 0.00000128. The van der Waals surface area contributed by atoms with Crippen LogP contribution in [0.4, 0.5) is 0 Å². The first-order valence-corrected chi connectivity index (χ1v) is 5.20. The molecule has 0 bridgehead atoms. The summed E-state index contributed by atoms with van der Waals surface area (Å²) in [5.74, 6) is 0.943. The van der Waals surface area contributed by atoms with Crippen LogP contribution in [0.3, 0.4) is 0 Å². The third-order valence-corrected chi connectivity index (χ3v) is 2.64. The molecule has 3 N–H and O–H groups in total. The molecule has 0 heterocycles. The van der Waals surface area contributed by atoms with Gasteiger partial charge in [0.25, 0.3) is 0 Å². The molecule has 0 atom stereocenters. The number of ether oxygens (including phenoxy) is 1. The van der Waals surface area contributed by atoms with E-state index >= 15 is 0 Å². The van der Waals surface area contributed by atoms with Gasteiger partial charge in [-0.05, 0) is 17.0 Å². The molecule has 3 heteroatoms. The second kappa shape index (κ2) is 5.73. The van der Waals surface area contributed by atoms with Crippen LogP contribution < -0.4 is 22.9 Å². The maximum Gasteiger partial charge on any atom is 0.126 e. The molecule has 0 amide bonds. The van der Waals surface area contributed by atoms with E-state index in [1.807, 2.05) is 12.1 Å². The van der Waals surface area contributed by atoms with Crippen LogP contribution in [-0.2, 0) is 6.42 Å². The fraction of sp³-hybridized carbons (Fsp3) is 0.231. The van der Waals surface area contributed by atoms with Gasteiger partial charge in [0.05, 0.1) is 13.7 Å². The summed E-state index contributed by atoms with van der Waals surface area (Å²) in [5, 5.41) is 2.46. The number of rotatable bonds is 3. The molecule has 0 aromatic heterocycles. The second-order valence-corrected chi connectivity index (χ2v) is 3.58. The van der Waals surface area contributed by atoms with Crippen LogP contribution in [0.2, 0.25) is 0 Å². The fourth-order valence-corrected chi connectivity index (χ4v) is 1.92. The Morgan fingerprint density at radius 1 is 1.06 bits per heavy atom. The molecule has 16 heavy (non-hydrogen) atoms. The molecule has 2 aromatic rings. The van der Waals surface area contributed by atoms with Crippen LogP contribution in [0.1, 0.15) is 5.56 Å². The molecule has 86 valence electrons. The van der Waals surface area contributed by atoms with E-state index in [4.69, 9.17) is 4.74 Å². The van der Waals surface area contributed by atoms with E-state index in [1.54, 1.807) is 7.11 Å². The SMILES string of the molecule is COc1ccc(CC[NH3+])c2ccccc12.[Cl-]. The fourth-order valence-electron chi connectivity index (χ4n) is 1.92. The number of methoxy groups -OCH3 is 1. The Hall–Kier alpha value is -1.25. The van der Waals surface area contributed by atoms with Crippen LogP contribution >= 0.6 is 0 Å². The predicted molar refractivity (Wildman–Crippen MR) is 62.0 cm³/mol. The van der Waals surface area contributed by atoms with Gasteiger partial charge in [-0.15, -0.1) is 0 Å². The van der Waals surface area contributed by atoms with Crippen LogP contribution in [0.5, 0.6) is 5.75 Å². The summed E-state index contributed by atoms with van der Waals surface area (Å²) in [6, 6.07) is 12.5. The summed E-state index contributed by atoms with van der Waals surface area (Å²) in [5.41, 5.74) is 5.25. The van der Waals surface area contributed by atoms with Crippen LogP contribution in [0.15, 0.2) is 36.4 Å². The summed E-state index contributed by atoms with van der Waals surface area (Å²) in [7, 11) is 1.71. The zero-order valence-electron chi connectivity index (χ0n) is 9.37. The minimum atomic E-state index is 0. The van der Waals surface area contributed by atoms with E-state index in [9.17, 15) is 0 Å². The van der Waals surface area contributed by atoms with Gasteiger partial charge in [-0.3, -0.25) is 0 Å². The summed E-state index contributed by atoms with van der Waals surface area (Å²) in [6.07, 6.45) is 1.02. The number of hydrogen-bond donors (Lipinski definition) is 1. The van der Waals surface area contributed by atoms with Crippen molar-refractivity contribution < 1.29 is 22.9 Å². The molecule has 0 unspecified atom stereocenters. The van der Waals surface area contributed by atoms with Crippen molar-refractivity contribution in [2.45, 2.75) is 6.42 Å². The summed E-state index contributed by atoms with van der Waals surface area (Å²) < 4.78 is 5.34.